The molecule has 1 aromatic heterocycles. The van der Waals surface area contributed by atoms with Crippen molar-refractivity contribution < 1.29 is 41.6 Å². The summed E-state index contributed by atoms with van der Waals surface area (Å²) in [4.78, 5) is 4.30. The van der Waals surface area contributed by atoms with Gasteiger partial charge in [0.1, 0.15) is 5.60 Å². The molecule has 2 heterocycles. The zero-order valence-corrected chi connectivity index (χ0v) is 27.6. The molecule has 4 fully saturated rings. The van der Waals surface area contributed by atoms with E-state index in [1.165, 1.54) is 6.92 Å². The maximum Gasteiger partial charge on any atom is 0.456 e. The maximum absolute atomic E-state index is 15.4. The average Bonchev–Trinajstić information content (AvgIpc) is 3.32. The number of alkyl halides is 5. The van der Waals surface area contributed by atoms with E-state index in [2.05, 4.69) is 18.8 Å². The molecule has 1 spiro atoms. The van der Waals surface area contributed by atoms with Gasteiger partial charge in [-0.25, -0.2) is 0 Å². The van der Waals surface area contributed by atoms with Crippen LogP contribution in [0.15, 0.2) is 59.8 Å². The van der Waals surface area contributed by atoms with Crippen LogP contribution in [0.4, 0.5) is 22.0 Å². The number of pyridine rings is 1. The largest absolute Gasteiger partial charge is 0.456 e. The predicted molar refractivity (Wildman–Crippen MR) is 171 cm³/mol. The van der Waals surface area contributed by atoms with E-state index in [-0.39, 0.29) is 30.6 Å². The van der Waals surface area contributed by atoms with Crippen LogP contribution in [-0.2, 0) is 9.47 Å². The van der Waals surface area contributed by atoms with Crippen molar-refractivity contribution in [3.05, 3.63) is 76.6 Å². The van der Waals surface area contributed by atoms with Crippen molar-refractivity contribution in [3.63, 3.8) is 0 Å². The van der Waals surface area contributed by atoms with Crippen molar-refractivity contribution in [2.45, 2.75) is 107 Å². The van der Waals surface area contributed by atoms with Crippen LogP contribution < -0.4 is 0 Å². The lowest BCUT2D eigenvalue weighted by molar-refractivity contribution is -0.362. The number of halogens is 5. The van der Waals surface area contributed by atoms with Gasteiger partial charge in [-0.3, -0.25) is 4.98 Å². The molecule has 0 radical (unpaired) electrons. The summed E-state index contributed by atoms with van der Waals surface area (Å²) in [7, 11) is 0. The van der Waals surface area contributed by atoms with Crippen molar-refractivity contribution >= 4 is 12.2 Å². The Bertz CT molecular complexity index is 1590. The van der Waals surface area contributed by atoms with Crippen molar-refractivity contribution in [1.82, 2.24) is 4.98 Å². The van der Waals surface area contributed by atoms with Gasteiger partial charge in [-0.2, -0.15) is 22.0 Å². The molecule has 2 N–H and O–H groups in total. The van der Waals surface area contributed by atoms with E-state index >= 15 is 8.78 Å². The molecule has 10 heteroatoms. The van der Waals surface area contributed by atoms with Crippen LogP contribution in [0.3, 0.4) is 0 Å². The molecule has 1 saturated heterocycles. The molecule has 0 bridgehead atoms. The number of fused-ring (bicyclic) bond motifs is 4. The highest BCUT2D eigenvalue weighted by Gasteiger charge is 2.79. The Kier molecular flexibility index (Phi) is 7.87. The van der Waals surface area contributed by atoms with E-state index in [0.717, 1.165) is 28.0 Å². The number of ether oxygens (including phenoxy) is 2. The van der Waals surface area contributed by atoms with Crippen LogP contribution >= 0.6 is 0 Å². The molecule has 1 aliphatic heterocycles. The summed E-state index contributed by atoms with van der Waals surface area (Å²) >= 11 is 0. The number of aliphatic hydroxyl groups is 2. The average molecular weight is 674 g/mol. The van der Waals surface area contributed by atoms with Crippen molar-refractivity contribution in [2.75, 3.05) is 13.2 Å². The smallest absolute Gasteiger partial charge is 0.385 e. The molecule has 5 aliphatic rings. The Morgan fingerprint density at radius 3 is 2.23 bits per heavy atom. The van der Waals surface area contributed by atoms with Crippen LogP contribution in [0.2, 0.25) is 0 Å². The molecule has 1 aromatic carbocycles. The van der Waals surface area contributed by atoms with Crippen LogP contribution in [0.25, 0.3) is 12.2 Å². The molecule has 4 aliphatic carbocycles. The highest BCUT2D eigenvalue weighted by molar-refractivity contribution is 5.68. The van der Waals surface area contributed by atoms with Gasteiger partial charge in [-0.15, -0.1) is 0 Å². The van der Waals surface area contributed by atoms with Crippen molar-refractivity contribution in [1.29, 1.82) is 0 Å². The number of aromatic nitrogens is 1. The Labute approximate surface area is 278 Å². The van der Waals surface area contributed by atoms with E-state index in [1.807, 2.05) is 54.6 Å². The van der Waals surface area contributed by atoms with Crippen LogP contribution in [0.1, 0.15) is 94.9 Å². The molecule has 3 saturated carbocycles. The Hall–Kier alpha value is -2.66. The molecule has 6 atom stereocenters. The minimum absolute atomic E-state index is 0.0494. The molecule has 2 aromatic rings. The Morgan fingerprint density at radius 1 is 0.875 bits per heavy atom. The lowest BCUT2D eigenvalue weighted by Crippen LogP contribution is -2.65. The van der Waals surface area contributed by atoms with Gasteiger partial charge < -0.3 is 19.7 Å². The van der Waals surface area contributed by atoms with Gasteiger partial charge in [-0.05, 0) is 85.3 Å². The number of nitrogens with zero attached hydrogens (tertiary/aromatic N) is 1. The number of allylic oxidation sites excluding steroid dienone is 1. The normalized spacial score (nSPS) is 36.2. The third-order valence-corrected chi connectivity index (χ3v) is 12.4. The first-order chi connectivity index (χ1) is 22.4. The molecule has 7 rings (SSSR count). The van der Waals surface area contributed by atoms with E-state index < -0.39 is 52.8 Å². The summed E-state index contributed by atoms with van der Waals surface area (Å²) in [6.45, 7) is 6.54. The number of rotatable bonds is 4. The molecule has 48 heavy (non-hydrogen) atoms. The number of hydrogen-bond acceptors (Lipinski definition) is 5. The number of hydrogen-bond donors (Lipinski definition) is 2. The maximum atomic E-state index is 15.4. The van der Waals surface area contributed by atoms with Gasteiger partial charge in [0, 0.05) is 35.8 Å². The summed E-state index contributed by atoms with van der Waals surface area (Å²) < 4.78 is 85.2. The lowest BCUT2D eigenvalue weighted by Gasteiger charge is -2.59. The highest BCUT2D eigenvalue weighted by Crippen LogP contribution is 2.71. The Morgan fingerprint density at radius 2 is 1.58 bits per heavy atom. The second-order valence-corrected chi connectivity index (χ2v) is 15.9. The van der Waals surface area contributed by atoms with Crippen molar-refractivity contribution in [2.24, 2.45) is 22.7 Å². The van der Waals surface area contributed by atoms with E-state index in [1.54, 1.807) is 6.20 Å². The minimum Gasteiger partial charge on any atom is -0.385 e. The quantitative estimate of drug-likeness (QED) is 0.252. The zero-order valence-electron chi connectivity index (χ0n) is 27.6. The molecular formula is C38H44F5NO4. The van der Waals surface area contributed by atoms with E-state index in [9.17, 15) is 23.4 Å². The fourth-order valence-electron chi connectivity index (χ4n) is 9.80. The lowest BCUT2D eigenvalue weighted by atomic mass is 9.49. The van der Waals surface area contributed by atoms with Gasteiger partial charge in [0.05, 0.1) is 24.5 Å². The minimum atomic E-state index is -5.89. The first-order valence-electron chi connectivity index (χ1n) is 17.0. The second kappa shape index (κ2) is 11.2. The Balaban J connectivity index is 1.30. The zero-order chi connectivity index (χ0) is 34.4. The van der Waals surface area contributed by atoms with Gasteiger partial charge in [0.25, 0.3) is 0 Å². The van der Waals surface area contributed by atoms with Crippen LogP contribution in [0, 0.1) is 22.7 Å². The van der Waals surface area contributed by atoms with Gasteiger partial charge in [-0.1, -0.05) is 62.8 Å². The second-order valence-electron chi connectivity index (χ2n) is 15.9. The monoisotopic (exact) mass is 673 g/mol. The third kappa shape index (κ3) is 5.19. The molecule has 260 valence electrons. The first kappa shape index (κ1) is 33.8. The molecular weight excluding hydrogens is 629 g/mol. The predicted octanol–water partition coefficient (Wildman–Crippen LogP) is 8.48. The summed E-state index contributed by atoms with van der Waals surface area (Å²) in [5.41, 5.74) is -2.21. The molecule has 5 nitrogen and oxygen atoms in total. The van der Waals surface area contributed by atoms with Gasteiger partial charge in [0.15, 0.2) is 5.79 Å². The van der Waals surface area contributed by atoms with Crippen molar-refractivity contribution in [3.8, 4) is 0 Å². The summed E-state index contributed by atoms with van der Waals surface area (Å²) in [5, 5.41) is 24.0. The third-order valence-electron chi connectivity index (χ3n) is 12.4. The number of benzene rings is 1. The molecule has 3 unspecified atom stereocenters. The topological polar surface area (TPSA) is 71.8 Å². The van der Waals surface area contributed by atoms with Gasteiger partial charge in [0.2, 0.25) is 0 Å². The summed E-state index contributed by atoms with van der Waals surface area (Å²) in [6.07, 6.45) is 0.834. The fourth-order valence-corrected chi connectivity index (χ4v) is 9.80. The standard InChI is InChI=1S/C38H44F5NO4/c1-32(2)22-47-35(48-23-32)17-14-30-31-27(13-16-34(30,45)21-35)29-15-18-36(46,37(39,40)38(41,42)43)33(29,3)20-28(31)25-10-7-24(8-11-25)9-12-26-6-4-5-19-44-26/h4-12,19,27-29,45-46H,13-18,20-23H2,1-3H3/b12-9+/t27?,28-,29?,33+,34?,36+/m1/s1. The molecule has 0 amide bonds. The summed E-state index contributed by atoms with van der Waals surface area (Å²) in [5.74, 6) is -7.73. The highest BCUT2D eigenvalue weighted by atomic mass is 19.4. The SMILES string of the molecule is CC1(C)COC2(CCC3=C4C(CCC3(O)C2)C2CC[C@@](O)(C(F)(F)C(F)(F)F)[C@@]2(C)C[C@@H]4c2ccc(/C=C/c3ccccn3)cc2)OC1. The van der Waals surface area contributed by atoms with E-state index in [0.29, 0.717) is 38.9 Å². The summed E-state index contributed by atoms with van der Waals surface area (Å²) in [6, 6.07) is 13.2. The fraction of sp³-hybridized carbons (Fsp3) is 0.605. The first-order valence-corrected chi connectivity index (χ1v) is 17.0. The van der Waals surface area contributed by atoms with Gasteiger partial charge >= 0.3 is 12.1 Å². The van der Waals surface area contributed by atoms with E-state index in [4.69, 9.17) is 9.47 Å². The van der Waals surface area contributed by atoms with Crippen LogP contribution in [-0.4, -0.2) is 57.5 Å². The van der Waals surface area contributed by atoms with Crippen LogP contribution in [0.5, 0.6) is 0 Å².